The number of fused-ring (bicyclic) bond motifs is 1. The highest BCUT2D eigenvalue weighted by Gasteiger charge is 2.25. The molecule has 21 heavy (non-hydrogen) atoms. The van der Waals surface area contributed by atoms with Crippen LogP contribution in [0.25, 0.3) is 0 Å². The van der Waals surface area contributed by atoms with Crippen LogP contribution in [0.15, 0.2) is 18.2 Å². The van der Waals surface area contributed by atoms with E-state index in [1.807, 2.05) is 18.2 Å². The smallest absolute Gasteiger partial charge is 0.231 e. The number of rotatable bonds is 6. The normalized spacial score (nSPS) is 20.6. The van der Waals surface area contributed by atoms with E-state index < -0.39 is 10.8 Å². The van der Waals surface area contributed by atoms with Gasteiger partial charge < -0.3 is 14.8 Å². The van der Waals surface area contributed by atoms with Crippen molar-refractivity contribution in [3.8, 4) is 11.5 Å². The van der Waals surface area contributed by atoms with Crippen LogP contribution >= 0.6 is 0 Å². The lowest BCUT2D eigenvalue weighted by atomic mass is 10.1. The molecule has 0 saturated heterocycles. The highest BCUT2D eigenvalue weighted by molar-refractivity contribution is 7.85. The van der Waals surface area contributed by atoms with Crippen LogP contribution in [0, 0.1) is 0 Å². The number of nitrogens with one attached hydrogen (secondary N) is 1. The van der Waals surface area contributed by atoms with Crippen molar-refractivity contribution in [1.29, 1.82) is 0 Å². The third-order valence-electron chi connectivity index (χ3n) is 4.25. The van der Waals surface area contributed by atoms with E-state index in [4.69, 9.17) is 9.47 Å². The summed E-state index contributed by atoms with van der Waals surface area (Å²) < 4.78 is 23.4. The van der Waals surface area contributed by atoms with E-state index in [1.165, 1.54) is 12.8 Å². The van der Waals surface area contributed by atoms with E-state index in [0.717, 1.165) is 36.4 Å². The van der Waals surface area contributed by atoms with Gasteiger partial charge in [-0.05, 0) is 37.1 Å². The lowest BCUT2D eigenvalue weighted by Crippen LogP contribution is -2.29. The molecule has 1 N–H and O–H groups in total. The number of hydrogen-bond acceptors (Lipinski definition) is 4. The molecule has 2 aliphatic rings. The minimum atomic E-state index is -0.760. The van der Waals surface area contributed by atoms with Crippen LogP contribution in [0.5, 0.6) is 11.5 Å². The molecule has 3 rings (SSSR count). The molecule has 1 aliphatic carbocycles. The Balaban J connectivity index is 1.72. The van der Waals surface area contributed by atoms with Gasteiger partial charge in [0.05, 0.1) is 0 Å². The molecule has 2 atom stereocenters. The molecule has 1 saturated carbocycles. The van der Waals surface area contributed by atoms with Crippen LogP contribution in [0.4, 0.5) is 0 Å². The van der Waals surface area contributed by atoms with Gasteiger partial charge >= 0.3 is 0 Å². The Labute approximate surface area is 128 Å². The third-order valence-corrected chi connectivity index (χ3v) is 6.13. The zero-order chi connectivity index (χ0) is 14.7. The first-order chi connectivity index (χ1) is 10.3. The van der Waals surface area contributed by atoms with Gasteiger partial charge in [-0.15, -0.1) is 0 Å². The lowest BCUT2D eigenvalue weighted by Gasteiger charge is -2.20. The van der Waals surface area contributed by atoms with Crippen molar-refractivity contribution >= 4 is 10.8 Å². The summed E-state index contributed by atoms with van der Waals surface area (Å²) in [6.45, 7) is 3.23. The first-order valence-corrected chi connectivity index (χ1v) is 9.16. The lowest BCUT2D eigenvalue weighted by molar-refractivity contribution is 0.174. The van der Waals surface area contributed by atoms with Crippen LogP contribution < -0.4 is 14.8 Å². The molecule has 1 aliphatic heterocycles. The first kappa shape index (κ1) is 14.9. The van der Waals surface area contributed by atoms with E-state index in [-0.39, 0.29) is 6.04 Å². The molecule has 0 spiro atoms. The molecule has 4 nitrogen and oxygen atoms in total. The molecule has 0 amide bonds. The summed E-state index contributed by atoms with van der Waals surface area (Å²) in [5, 5.41) is 3.84. The van der Waals surface area contributed by atoms with E-state index in [1.54, 1.807) is 0 Å². The minimum absolute atomic E-state index is 0.117. The molecule has 1 heterocycles. The van der Waals surface area contributed by atoms with Crippen molar-refractivity contribution in [2.24, 2.45) is 0 Å². The molecular weight excluding hydrogens is 286 g/mol. The topological polar surface area (TPSA) is 47.6 Å². The van der Waals surface area contributed by atoms with Gasteiger partial charge in [0.1, 0.15) is 0 Å². The number of ether oxygens (including phenoxy) is 2. The Kier molecular flexibility index (Phi) is 4.80. The molecule has 1 aromatic carbocycles. The third kappa shape index (κ3) is 3.40. The second kappa shape index (κ2) is 6.79. The van der Waals surface area contributed by atoms with Crippen molar-refractivity contribution < 1.29 is 13.7 Å². The maximum atomic E-state index is 12.6. The summed E-state index contributed by atoms with van der Waals surface area (Å²) in [7, 11) is -0.760. The Morgan fingerprint density at radius 1 is 1.29 bits per heavy atom. The fraction of sp³-hybridized carbons (Fsp3) is 0.625. The molecule has 0 bridgehead atoms. The first-order valence-electron chi connectivity index (χ1n) is 7.78. The zero-order valence-corrected chi connectivity index (χ0v) is 13.3. The van der Waals surface area contributed by atoms with E-state index in [2.05, 4.69) is 12.2 Å². The van der Waals surface area contributed by atoms with Gasteiger partial charge in [-0.3, -0.25) is 4.21 Å². The van der Waals surface area contributed by atoms with Crippen LogP contribution in [-0.2, 0) is 10.8 Å². The standard InChI is InChI=1S/C16H23NO3S/c1-2-17-14(10-21(18)13-5-3-4-6-13)12-7-8-15-16(9-12)20-11-19-15/h7-9,13-14,17H,2-6,10-11H2,1H3. The summed E-state index contributed by atoms with van der Waals surface area (Å²) in [5.74, 6) is 2.27. The Morgan fingerprint density at radius 2 is 2.05 bits per heavy atom. The monoisotopic (exact) mass is 309 g/mol. The predicted octanol–water partition coefficient (Wildman–Crippen LogP) is 2.76. The maximum Gasteiger partial charge on any atom is 0.231 e. The van der Waals surface area contributed by atoms with Crippen LogP contribution in [0.2, 0.25) is 0 Å². The molecule has 1 aromatic rings. The van der Waals surface area contributed by atoms with Gasteiger partial charge in [-0.2, -0.15) is 0 Å². The predicted molar refractivity (Wildman–Crippen MR) is 84.2 cm³/mol. The second-order valence-corrected chi connectivity index (χ2v) is 7.44. The van der Waals surface area contributed by atoms with Gasteiger partial charge in [-0.25, -0.2) is 0 Å². The molecule has 5 heteroatoms. The summed E-state index contributed by atoms with van der Waals surface area (Å²) in [6.07, 6.45) is 4.69. The number of hydrogen-bond donors (Lipinski definition) is 1. The van der Waals surface area contributed by atoms with E-state index >= 15 is 0 Å². The number of benzene rings is 1. The van der Waals surface area contributed by atoms with Crippen molar-refractivity contribution in [3.05, 3.63) is 23.8 Å². The van der Waals surface area contributed by atoms with Gasteiger partial charge in [0, 0.05) is 27.8 Å². The highest BCUT2D eigenvalue weighted by Crippen LogP contribution is 2.34. The summed E-state index contributed by atoms with van der Waals surface area (Å²) >= 11 is 0. The van der Waals surface area contributed by atoms with Crippen LogP contribution in [-0.4, -0.2) is 28.5 Å². The Bertz CT molecular complexity index is 514. The Morgan fingerprint density at radius 3 is 2.81 bits per heavy atom. The van der Waals surface area contributed by atoms with E-state index in [0.29, 0.717) is 17.8 Å². The zero-order valence-electron chi connectivity index (χ0n) is 12.5. The highest BCUT2D eigenvalue weighted by atomic mass is 32.2. The fourth-order valence-corrected chi connectivity index (χ4v) is 4.87. The van der Waals surface area contributed by atoms with Crippen molar-refractivity contribution in [1.82, 2.24) is 5.32 Å². The Hall–Kier alpha value is -1.07. The van der Waals surface area contributed by atoms with Crippen molar-refractivity contribution in [2.75, 3.05) is 19.1 Å². The average molecular weight is 309 g/mol. The summed E-state index contributed by atoms with van der Waals surface area (Å²) in [6, 6.07) is 6.13. The molecule has 0 radical (unpaired) electrons. The van der Waals surface area contributed by atoms with Crippen LogP contribution in [0.1, 0.15) is 44.2 Å². The molecule has 0 aromatic heterocycles. The second-order valence-electron chi connectivity index (χ2n) is 5.68. The van der Waals surface area contributed by atoms with Gasteiger partial charge in [0.2, 0.25) is 6.79 Å². The molecule has 1 fully saturated rings. The summed E-state index contributed by atoms with van der Waals surface area (Å²) in [4.78, 5) is 0. The molecule has 116 valence electrons. The fourth-order valence-electron chi connectivity index (χ4n) is 3.10. The van der Waals surface area contributed by atoms with Gasteiger partial charge in [-0.1, -0.05) is 25.8 Å². The minimum Gasteiger partial charge on any atom is -0.454 e. The largest absolute Gasteiger partial charge is 0.454 e. The van der Waals surface area contributed by atoms with E-state index in [9.17, 15) is 4.21 Å². The average Bonchev–Trinajstić information content (AvgIpc) is 3.17. The van der Waals surface area contributed by atoms with Crippen molar-refractivity contribution in [2.45, 2.75) is 43.9 Å². The maximum absolute atomic E-state index is 12.6. The van der Waals surface area contributed by atoms with Crippen LogP contribution in [0.3, 0.4) is 0 Å². The quantitative estimate of drug-likeness (QED) is 0.878. The SMILES string of the molecule is CCNC(CS(=O)C1CCCC1)c1ccc2c(c1)OCO2. The van der Waals surface area contributed by atoms with Crippen molar-refractivity contribution in [3.63, 3.8) is 0 Å². The summed E-state index contributed by atoms with van der Waals surface area (Å²) in [5.41, 5.74) is 1.13. The van der Waals surface area contributed by atoms with Gasteiger partial charge in [0.25, 0.3) is 0 Å². The van der Waals surface area contributed by atoms with Gasteiger partial charge in [0.15, 0.2) is 11.5 Å². The molecular formula is C16H23NO3S. The molecule has 2 unspecified atom stereocenters.